The number of halogens is 1. The van der Waals surface area contributed by atoms with Crippen molar-refractivity contribution in [3.05, 3.63) is 0 Å². The maximum atomic E-state index is 12.9. The van der Waals surface area contributed by atoms with E-state index in [4.69, 9.17) is 9.05 Å². The van der Waals surface area contributed by atoms with Gasteiger partial charge in [0.1, 0.15) is 19.4 Å². The summed E-state index contributed by atoms with van der Waals surface area (Å²) in [5.41, 5.74) is -0.706. The monoisotopic (exact) mass is 275 g/mol. The topological polar surface area (TPSA) is 74.2 Å². The molecule has 1 N–H and O–H groups in total. The zero-order chi connectivity index (χ0) is 12.0. The molecule has 2 saturated heterocycles. The molecule has 0 radical (unpaired) electrons. The van der Waals surface area contributed by atoms with Crippen LogP contribution in [-0.4, -0.2) is 37.5 Å². The van der Waals surface area contributed by atoms with Crippen LogP contribution in [0.15, 0.2) is 0 Å². The maximum absolute atomic E-state index is 12.9. The standard InChI is InChI=1S/C7H14FO6P2/c1-6-7(3-11-15(2,9)14-6)4-12-16(8,10)13-5-7/h6,9H,3-5H2,1-2H3/q+1. The van der Waals surface area contributed by atoms with Gasteiger partial charge in [-0.25, -0.2) is 4.57 Å². The Balaban J connectivity index is 2.08. The smallest absolute Gasteiger partial charge is 0.283 e. The van der Waals surface area contributed by atoms with Crippen molar-refractivity contribution in [1.82, 2.24) is 0 Å². The molecule has 0 aliphatic carbocycles. The fourth-order valence-corrected chi connectivity index (χ4v) is 3.87. The Labute approximate surface area is 93.3 Å². The fraction of sp³-hybridized carbons (Fsp3) is 1.00. The van der Waals surface area contributed by atoms with Gasteiger partial charge in [-0.05, 0) is 6.92 Å². The molecule has 2 fully saturated rings. The molecule has 2 rings (SSSR count). The van der Waals surface area contributed by atoms with Crippen LogP contribution in [0.25, 0.3) is 0 Å². The molecule has 2 heterocycles. The second-order valence-electron chi connectivity index (χ2n) is 4.16. The van der Waals surface area contributed by atoms with E-state index in [9.17, 15) is 13.7 Å². The summed E-state index contributed by atoms with van der Waals surface area (Å²) >= 11 is 0. The summed E-state index contributed by atoms with van der Waals surface area (Å²) in [7, 11) is -7.19. The third-order valence-corrected chi connectivity index (χ3v) is 5.01. The zero-order valence-corrected chi connectivity index (χ0v) is 10.7. The first-order chi connectivity index (χ1) is 7.25. The van der Waals surface area contributed by atoms with Crippen molar-refractivity contribution in [2.45, 2.75) is 13.0 Å². The highest BCUT2D eigenvalue weighted by atomic mass is 31.2. The lowest BCUT2D eigenvalue weighted by molar-refractivity contribution is -0.115. The predicted molar refractivity (Wildman–Crippen MR) is 54.6 cm³/mol. The number of hydrogen-bond acceptors (Lipinski definition) is 6. The summed E-state index contributed by atoms with van der Waals surface area (Å²) in [4.78, 5) is 9.62. The van der Waals surface area contributed by atoms with Crippen LogP contribution >= 0.6 is 15.8 Å². The van der Waals surface area contributed by atoms with E-state index in [1.165, 1.54) is 6.66 Å². The summed E-state index contributed by atoms with van der Waals surface area (Å²) in [6.07, 6.45) is -0.412. The Morgan fingerprint density at radius 2 is 2.00 bits per heavy atom. The molecule has 0 saturated carbocycles. The van der Waals surface area contributed by atoms with Gasteiger partial charge in [-0.3, -0.25) is 9.05 Å². The molecule has 2 aliphatic rings. The van der Waals surface area contributed by atoms with Crippen molar-refractivity contribution in [2.24, 2.45) is 5.41 Å². The van der Waals surface area contributed by atoms with Gasteiger partial charge in [-0.1, -0.05) is 0 Å². The van der Waals surface area contributed by atoms with E-state index in [0.717, 1.165) is 0 Å². The fourth-order valence-electron chi connectivity index (χ4n) is 1.61. The van der Waals surface area contributed by atoms with Gasteiger partial charge in [-0.15, -0.1) is 4.20 Å². The van der Waals surface area contributed by atoms with Gasteiger partial charge in [0.2, 0.25) is 0 Å². The van der Waals surface area contributed by atoms with Crippen molar-refractivity contribution < 1.29 is 31.8 Å². The third kappa shape index (κ3) is 2.46. The van der Waals surface area contributed by atoms with Crippen molar-refractivity contribution in [3.8, 4) is 0 Å². The molecule has 2 atom stereocenters. The first-order valence-electron chi connectivity index (χ1n) is 4.76. The molecule has 0 aromatic carbocycles. The van der Waals surface area contributed by atoms with Crippen LogP contribution in [0.3, 0.4) is 0 Å². The second kappa shape index (κ2) is 3.95. The highest BCUT2D eigenvalue weighted by Gasteiger charge is 2.57. The van der Waals surface area contributed by atoms with Gasteiger partial charge in [0.05, 0.1) is 18.6 Å². The van der Waals surface area contributed by atoms with Gasteiger partial charge in [-0.2, -0.15) is 13.9 Å². The Kier molecular flexibility index (Phi) is 3.17. The van der Waals surface area contributed by atoms with Crippen LogP contribution < -0.4 is 0 Å². The first kappa shape index (κ1) is 12.8. The van der Waals surface area contributed by atoms with E-state index in [0.29, 0.717) is 0 Å². The SMILES string of the molecule is CC1O[P+](C)(O)OCC12COP(=O)(F)OC2. The van der Waals surface area contributed by atoms with E-state index in [2.05, 4.69) is 9.05 Å². The molecule has 94 valence electrons. The molecule has 0 aromatic heterocycles. The average Bonchev–Trinajstić information content (AvgIpc) is 2.15. The Bertz CT molecular complexity index is 323. The molecule has 16 heavy (non-hydrogen) atoms. The average molecular weight is 275 g/mol. The molecule has 0 aromatic rings. The molecule has 2 unspecified atom stereocenters. The van der Waals surface area contributed by atoms with Crippen molar-refractivity contribution >= 4 is 15.8 Å². The lowest BCUT2D eigenvalue weighted by Crippen LogP contribution is -2.51. The van der Waals surface area contributed by atoms with Gasteiger partial charge >= 0.3 is 15.8 Å². The number of rotatable bonds is 0. The Morgan fingerprint density at radius 1 is 1.44 bits per heavy atom. The highest BCUT2D eigenvalue weighted by molar-refractivity contribution is 7.59. The molecule has 1 spiro atoms. The van der Waals surface area contributed by atoms with Crippen molar-refractivity contribution in [2.75, 3.05) is 26.5 Å². The third-order valence-electron chi connectivity index (χ3n) is 2.82. The van der Waals surface area contributed by atoms with Gasteiger partial charge in [0, 0.05) is 0 Å². The van der Waals surface area contributed by atoms with Crippen LogP contribution in [0.1, 0.15) is 6.92 Å². The Hall–Kier alpha value is 0.390. The molecule has 9 heteroatoms. The van der Waals surface area contributed by atoms with Gasteiger partial charge < -0.3 is 0 Å². The second-order valence-corrected chi connectivity index (χ2v) is 7.62. The minimum absolute atomic E-state index is 0.109. The molecular weight excluding hydrogens is 261 g/mol. The van der Waals surface area contributed by atoms with Crippen LogP contribution in [0, 0.1) is 5.41 Å². The summed E-state index contributed by atoms with van der Waals surface area (Å²) in [6.45, 7) is 3.11. The van der Waals surface area contributed by atoms with E-state index in [1.54, 1.807) is 6.92 Å². The minimum Gasteiger partial charge on any atom is -0.283 e. The largest absolute Gasteiger partial charge is 0.513 e. The highest BCUT2D eigenvalue weighted by Crippen LogP contribution is 2.63. The predicted octanol–water partition coefficient (Wildman–Crippen LogP) is 1.92. The van der Waals surface area contributed by atoms with Gasteiger partial charge in [0.25, 0.3) is 0 Å². The van der Waals surface area contributed by atoms with E-state index < -0.39 is 27.4 Å². The lowest BCUT2D eigenvalue weighted by atomic mass is 9.85. The molecule has 6 nitrogen and oxygen atoms in total. The lowest BCUT2D eigenvalue weighted by Gasteiger charge is -2.42. The quantitative estimate of drug-likeness (QED) is 0.681. The molecular formula is C7H14FO6P2+. The van der Waals surface area contributed by atoms with Crippen LogP contribution in [-0.2, 0) is 22.7 Å². The van der Waals surface area contributed by atoms with E-state index in [1.807, 2.05) is 0 Å². The summed E-state index contributed by atoms with van der Waals surface area (Å²) in [5, 5.41) is 0. The van der Waals surface area contributed by atoms with E-state index in [-0.39, 0.29) is 19.8 Å². The summed E-state index contributed by atoms with van der Waals surface area (Å²) in [5.74, 6) is 0. The number of hydrogen-bond donors (Lipinski definition) is 1. The first-order valence-corrected chi connectivity index (χ1v) is 8.22. The molecule has 0 bridgehead atoms. The minimum atomic E-state index is -4.40. The normalized spacial score (nSPS) is 54.1. The molecule has 0 amide bonds. The summed E-state index contributed by atoms with van der Waals surface area (Å²) < 4.78 is 43.3. The maximum Gasteiger partial charge on any atom is 0.513 e. The van der Waals surface area contributed by atoms with E-state index >= 15 is 0 Å². The summed E-state index contributed by atoms with van der Waals surface area (Å²) in [6, 6.07) is 0. The van der Waals surface area contributed by atoms with Crippen molar-refractivity contribution in [1.29, 1.82) is 0 Å². The van der Waals surface area contributed by atoms with Crippen LogP contribution in [0.2, 0.25) is 0 Å². The van der Waals surface area contributed by atoms with Gasteiger partial charge in [0.15, 0.2) is 0 Å². The van der Waals surface area contributed by atoms with Crippen molar-refractivity contribution in [3.63, 3.8) is 0 Å². The Morgan fingerprint density at radius 3 is 2.50 bits per heavy atom. The zero-order valence-electron chi connectivity index (χ0n) is 8.96. The molecule has 2 aliphatic heterocycles. The van der Waals surface area contributed by atoms with Crippen LogP contribution in [0.5, 0.6) is 0 Å². The van der Waals surface area contributed by atoms with Crippen LogP contribution in [0.4, 0.5) is 4.20 Å².